The van der Waals surface area contributed by atoms with Crippen LogP contribution in [0.1, 0.15) is 30.9 Å². The molecule has 0 amide bonds. The number of halogens is 4. The second kappa shape index (κ2) is 4.17. The SMILES string of the molecule is CC1(F)CC(N=C=O)(c2ccccc2C(F)(F)F)C1. The lowest BCUT2D eigenvalue weighted by atomic mass is 9.63. The molecule has 0 unspecified atom stereocenters. The van der Waals surface area contributed by atoms with Gasteiger partial charge in [0.05, 0.1) is 5.56 Å². The highest BCUT2D eigenvalue weighted by atomic mass is 19.4. The Balaban J connectivity index is 2.54. The molecule has 0 spiro atoms. The first-order valence-corrected chi connectivity index (χ1v) is 5.65. The van der Waals surface area contributed by atoms with Gasteiger partial charge in [-0.2, -0.15) is 18.2 Å². The first-order chi connectivity index (χ1) is 8.70. The van der Waals surface area contributed by atoms with Crippen LogP contribution in [0.15, 0.2) is 29.3 Å². The number of nitrogens with zero attached hydrogens (tertiary/aromatic N) is 1. The number of hydrogen-bond acceptors (Lipinski definition) is 2. The highest BCUT2D eigenvalue weighted by molar-refractivity contribution is 5.44. The van der Waals surface area contributed by atoms with Crippen LogP contribution in [-0.2, 0) is 16.5 Å². The molecule has 19 heavy (non-hydrogen) atoms. The minimum absolute atomic E-state index is 0.166. The molecule has 2 rings (SSSR count). The standard InChI is InChI=1S/C13H11F4NO/c1-11(14)6-12(7-11,18-8-19)9-4-2-3-5-10(9)13(15,16)17/h2-5H,6-7H2,1H3. The van der Waals surface area contributed by atoms with Crippen LogP contribution in [0.2, 0.25) is 0 Å². The van der Waals surface area contributed by atoms with Crippen LogP contribution in [-0.4, -0.2) is 11.7 Å². The number of isocyanates is 1. The Morgan fingerprint density at radius 3 is 2.32 bits per heavy atom. The van der Waals surface area contributed by atoms with E-state index in [0.717, 1.165) is 6.07 Å². The Labute approximate surface area is 107 Å². The summed E-state index contributed by atoms with van der Waals surface area (Å²) in [5.41, 5.74) is -4.11. The second-order valence-corrected chi connectivity index (χ2v) is 5.04. The monoisotopic (exact) mass is 273 g/mol. The molecule has 1 aliphatic rings. The van der Waals surface area contributed by atoms with E-state index in [2.05, 4.69) is 4.99 Å². The summed E-state index contributed by atoms with van der Waals surface area (Å²) in [6.07, 6.45) is -3.79. The quantitative estimate of drug-likeness (QED) is 0.458. The molecule has 0 radical (unpaired) electrons. The average Bonchev–Trinajstić information content (AvgIpc) is 2.25. The third-order valence-electron chi connectivity index (χ3n) is 3.32. The molecular formula is C13H11F4NO. The fourth-order valence-corrected chi connectivity index (χ4v) is 2.72. The minimum Gasteiger partial charge on any atom is -0.244 e. The third kappa shape index (κ3) is 2.40. The van der Waals surface area contributed by atoms with Crippen molar-refractivity contribution in [2.75, 3.05) is 0 Å². The molecule has 1 aromatic rings. The van der Waals surface area contributed by atoms with Crippen LogP contribution >= 0.6 is 0 Å². The lowest BCUT2D eigenvalue weighted by Gasteiger charge is -2.47. The molecule has 0 N–H and O–H groups in total. The summed E-state index contributed by atoms with van der Waals surface area (Å²) in [6.45, 7) is 1.28. The molecule has 6 heteroatoms. The molecule has 102 valence electrons. The van der Waals surface area contributed by atoms with Crippen LogP contribution < -0.4 is 0 Å². The molecule has 0 aliphatic heterocycles. The Kier molecular flexibility index (Phi) is 3.01. The van der Waals surface area contributed by atoms with Crippen molar-refractivity contribution in [1.82, 2.24) is 0 Å². The van der Waals surface area contributed by atoms with E-state index in [1.807, 2.05) is 0 Å². The Hall–Kier alpha value is -1.68. The van der Waals surface area contributed by atoms with Crippen molar-refractivity contribution in [3.05, 3.63) is 35.4 Å². The number of benzene rings is 1. The van der Waals surface area contributed by atoms with Crippen LogP contribution in [0, 0.1) is 0 Å². The second-order valence-electron chi connectivity index (χ2n) is 5.04. The molecule has 0 saturated heterocycles. The van der Waals surface area contributed by atoms with E-state index in [-0.39, 0.29) is 18.4 Å². The normalized spacial score (nSPS) is 30.4. The van der Waals surface area contributed by atoms with Crippen LogP contribution in [0.3, 0.4) is 0 Å². The highest BCUT2D eigenvalue weighted by Crippen LogP contribution is 2.55. The molecule has 1 aromatic carbocycles. The number of alkyl halides is 4. The summed E-state index contributed by atoms with van der Waals surface area (Å²) in [7, 11) is 0. The van der Waals surface area contributed by atoms with Gasteiger partial charge in [-0.15, -0.1) is 0 Å². The Bertz CT molecular complexity index is 536. The summed E-state index contributed by atoms with van der Waals surface area (Å²) in [4.78, 5) is 13.9. The van der Waals surface area contributed by atoms with Crippen LogP contribution in [0.4, 0.5) is 17.6 Å². The summed E-state index contributed by atoms with van der Waals surface area (Å²) < 4.78 is 52.5. The van der Waals surface area contributed by atoms with Gasteiger partial charge in [0.15, 0.2) is 0 Å². The smallest absolute Gasteiger partial charge is 0.244 e. The Morgan fingerprint density at radius 1 is 1.26 bits per heavy atom. The number of hydrogen-bond donors (Lipinski definition) is 0. The molecular weight excluding hydrogens is 262 g/mol. The van der Waals surface area contributed by atoms with E-state index >= 15 is 0 Å². The fourth-order valence-electron chi connectivity index (χ4n) is 2.72. The van der Waals surface area contributed by atoms with Gasteiger partial charge in [0, 0.05) is 12.8 Å². The van der Waals surface area contributed by atoms with Crippen LogP contribution in [0.5, 0.6) is 0 Å². The maximum absolute atomic E-state index is 13.7. The van der Waals surface area contributed by atoms with Gasteiger partial charge in [-0.1, -0.05) is 18.2 Å². The zero-order chi connectivity index (χ0) is 14.3. The van der Waals surface area contributed by atoms with Gasteiger partial charge in [0.25, 0.3) is 0 Å². The fraction of sp³-hybridized carbons (Fsp3) is 0.462. The molecule has 0 heterocycles. The van der Waals surface area contributed by atoms with Crippen molar-refractivity contribution in [2.24, 2.45) is 4.99 Å². The lowest BCUT2D eigenvalue weighted by molar-refractivity contribution is -0.140. The van der Waals surface area contributed by atoms with Crippen molar-refractivity contribution in [3.8, 4) is 0 Å². The van der Waals surface area contributed by atoms with E-state index in [4.69, 9.17) is 0 Å². The van der Waals surface area contributed by atoms with Gasteiger partial charge in [-0.3, -0.25) is 0 Å². The molecule has 0 bridgehead atoms. The number of rotatable bonds is 2. The minimum atomic E-state index is -4.57. The summed E-state index contributed by atoms with van der Waals surface area (Å²) in [5, 5.41) is 0. The first kappa shape index (κ1) is 13.7. The maximum Gasteiger partial charge on any atom is 0.416 e. The summed E-state index contributed by atoms with van der Waals surface area (Å²) in [6, 6.07) is 4.81. The zero-order valence-corrected chi connectivity index (χ0v) is 10.1. The van der Waals surface area contributed by atoms with Gasteiger partial charge in [-0.25, -0.2) is 9.18 Å². The molecule has 1 fully saturated rings. The number of aliphatic imine (C=N–C) groups is 1. The predicted octanol–water partition coefficient (Wildman–Crippen LogP) is 3.76. The van der Waals surface area contributed by atoms with E-state index in [1.54, 1.807) is 0 Å². The third-order valence-corrected chi connectivity index (χ3v) is 3.32. The van der Waals surface area contributed by atoms with Gasteiger partial charge in [0.2, 0.25) is 6.08 Å². The van der Waals surface area contributed by atoms with Crippen molar-refractivity contribution in [3.63, 3.8) is 0 Å². The predicted molar refractivity (Wildman–Crippen MR) is 60.0 cm³/mol. The van der Waals surface area contributed by atoms with E-state index < -0.39 is 22.9 Å². The number of carbonyl (C=O) groups excluding carboxylic acids is 1. The molecule has 2 nitrogen and oxygen atoms in total. The van der Waals surface area contributed by atoms with Gasteiger partial charge in [0.1, 0.15) is 11.2 Å². The molecule has 1 aliphatic carbocycles. The first-order valence-electron chi connectivity index (χ1n) is 5.65. The van der Waals surface area contributed by atoms with Crippen LogP contribution in [0.25, 0.3) is 0 Å². The summed E-state index contributed by atoms with van der Waals surface area (Å²) >= 11 is 0. The average molecular weight is 273 g/mol. The Morgan fingerprint density at radius 2 is 1.84 bits per heavy atom. The molecule has 0 atom stereocenters. The molecule has 1 saturated carbocycles. The van der Waals surface area contributed by atoms with Crippen molar-refractivity contribution >= 4 is 6.08 Å². The van der Waals surface area contributed by atoms with E-state index in [9.17, 15) is 22.4 Å². The maximum atomic E-state index is 13.7. The van der Waals surface area contributed by atoms with E-state index in [0.29, 0.717) is 0 Å². The topological polar surface area (TPSA) is 29.4 Å². The largest absolute Gasteiger partial charge is 0.416 e. The zero-order valence-electron chi connectivity index (χ0n) is 10.1. The van der Waals surface area contributed by atoms with E-state index in [1.165, 1.54) is 31.2 Å². The van der Waals surface area contributed by atoms with Crippen molar-refractivity contribution in [1.29, 1.82) is 0 Å². The summed E-state index contributed by atoms with van der Waals surface area (Å²) in [5.74, 6) is 0. The molecule has 0 aromatic heterocycles. The van der Waals surface area contributed by atoms with Crippen molar-refractivity contribution < 1.29 is 22.4 Å². The lowest BCUT2D eigenvalue weighted by Crippen LogP contribution is -2.49. The van der Waals surface area contributed by atoms with Gasteiger partial charge in [-0.05, 0) is 18.6 Å². The van der Waals surface area contributed by atoms with Gasteiger partial charge < -0.3 is 0 Å². The highest BCUT2D eigenvalue weighted by Gasteiger charge is 2.56. The van der Waals surface area contributed by atoms with Crippen molar-refractivity contribution in [2.45, 2.75) is 37.1 Å². The van der Waals surface area contributed by atoms with Gasteiger partial charge >= 0.3 is 6.18 Å².